The summed E-state index contributed by atoms with van der Waals surface area (Å²) >= 11 is 0. The Morgan fingerprint density at radius 1 is 1.19 bits per heavy atom. The molecule has 0 saturated carbocycles. The Kier molecular flexibility index (Phi) is 3.96. The van der Waals surface area contributed by atoms with Gasteiger partial charge in [-0.3, -0.25) is 20.0 Å². The molecular formula is C19H17F2N3O2. The van der Waals surface area contributed by atoms with Crippen molar-refractivity contribution in [3.05, 3.63) is 59.7 Å². The summed E-state index contributed by atoms with van der Waals surface area (Å²) < 4.78 is 33.8. The van der Waals surface area contributed by atoms with Crippen molar-refractivity contribution in [1.29, 1.82) is 0 Å². The summed E-state index contributed by atoms with van der Waals surface area (Å²) in [6.45, 7) is -1.51. The molecule has 4 rings (SSSR count). The number of carbonyl (C=O) groups is 1. The molecule has 2 heterocycles. The van der Waals surface area contributed by atoms with Gasteiger partial charge in [0.05, 0.1) is 17.9 Å². The van der Waals surface area contributed by atoms with E-state index in [4.69, 9.17) is 4.74 Å². The van der Waals surface area contributed by atoms with Gasteiger partial charge in [-0.1, -0.05) is 42.5 Å². The van der Waals surface area contributed by atoms with E-state index in [1.807, 2.05) is 30.3 Å². The van der Waals surface area contributed by atoms with E-state index in [1.54, 1.807) is 25.2 Å². The third kappa shape index (κ3) is 2.74. The van der Waals surface area contributed by atoms with Crippen LogP contribution in [0.2, 0.25) is 0 Å². The molecule has 1 unspecified atom stereocenters. The first kappa shape index (κ1) is 16.7. The van der Waals surface area contributed by atoms with Crippen LogP contribution in [0.4, 0.5) is 14.5 Å². The van der Waals surface area contributed by atoms with Gasteiger partial charge in [-0.2, -0.15) is 0 Å². The lowest BCUT2D eigenvalue weighted by atomic mass is 9.99. The number of alkyl halides is 2. The second kappa shape index (κ2) is 6.17. The molecule has 5 nitrogen and oxygen atoms in total. The topological polar surface area (TPSA) is 53.9 Å². The molecule has 0 radical (unpaired) electrons. The Morgan fingerprint density at radius 2 is 1.96 bits per heavy atom. The average molecular weight is 357 g/mol. The van der Waals surface area contributed by atoms with Gasteiger partial charge in [0.2, 0.25) is 0 Å². The fourth-order valence-corrected chi connectivity index (χ4v) is 3.25. The van der Waals surface area contributed by atoms with Crippen molar-refractivity contribution in [3.8, 4) is 5.75 Å². The maximum atomic E-state index is 14.2. The van der Waals surface area contributed by atoms with Crippen molar-refractivity contribution in [2.45, 2.75) is 12.1 Å². The summed E-state index contributed by atoms with van der Waals surface area (Å²) in [6, 6.07) is 14.4. The Hall–Kier alpha value is -2.80. The largest absolute Gasteiger partial charge is 0.485 e. The Balaban J connectivity index is 1.98. The highest BCUT2D eigenvalue weighted by Crippen LogP contribution is 2.40. The van der Waals surface area contributed by atoms with Gasteiger partial charge < -0.3 is 4.74 Å². The van der Waals surface area contributed by atoms with Crippen LogP contribution in [-0.4, -0.2) is 43.9 Å². The summed E-state index contributed by atoms with van der Waals surface area (Å²) in [7, 11) is 1.58. The van der Waals surface area contributed by atoms with Crippen LogP contribution in [0, 0.1) is 0 Å². The van der Waals surface area contributed by atoms with Crippen molar-refractivity contribution >= 4 is 17.3 Å². The second-order valence-corrected chi connectivity index (χ2v) is 6.26. The predicted octanol–water partition coefficient (Wildman–Crippen LogP) is 2.44. The zero-order valence-corrected chi connectivity index (χ0v) is 14.1. The first-order valence-electron chi connectivity index (χ1n) is 8.26. The van der Waals surface area contributed by atoms with E-state index < -0.39 is 31.1 Å². The zero-order valence-electron chi connectivity index (χ0n) is 14.1. The molecule has 0 spiro atoms. The molecule has 0 fully saturated rings. The fraction of sp³-hybridized carbons (Fsp3) is 0.263. The molecule has 0 aromatic heterocycles. The van der Waals surface area contributed by atoms with Crippen molar-refractivity contribution in [2.75, 3.05) is 25.1 Å². The van der Waals surface area contributed by atoms with Crippen LogP contribution < -0.4 is 15.0 Å². The number of halogens is 2. The van der Waals surface area contributed by atoms with E-state index >= 15 is 0 Å². The number of carbonyl (C=O) groups excluding carboxylic acids is 1. The molecule has 134 valence electrons. The van der Waals surface area contributed by atoms with E-state index in [2.05, 4.69) is 10.3 Å². The molecule has 2 aromatic rings. The SMILES string of the molecule is CNC1N=C(c2ccccc2)c2cccc3c2N(CC(F)(F)CO3)C1=O. The average Bonchev–Trinajstić information content (AvgIpc) is 2.86. The number of nitrogens with one attached hydrogen (secondary N) is 1. The third-order valence-electron chi connectivity index (χ3n) is 4.43. The normalized spacial score (nSPS) is 21.2. The van der Waals surface area contributed by atoms with E-state index in [1.165, 1.54) is 0 Å². The molecule has 0 saturated heterocycles. The summed E-state index contributed by atoms with van der Waals surface area (Å²) in [5.41, 5.74) is 2.30. The first-order valence-corrected chi connectivity index (χ1v) is 8.26. The van der Waals surface area contributed by atoms with Crippen LogP contribution in [0.25, 0.3) is 0 Å². The number of anilines is 1. The van der Waals surface area contributed by atoms with Crippen LogP contribution in [0.15, 0.2) is 53.5 Å². The molecule has 0 aliphatic carbocycles. The van der Waals surface area contributed by atoms with E-state index in [9.17, 15) is 13.6 Å². The minimum absolute atomic E-state index is 0.258. The molecule has 2 aliphatic rings. The molecule has 7 heteroatoms. The van der Waals surface area contributed by atoms with Gasteiger partial charge in [-0.15, -0.1) is 0 Å². The van der Waals surface area contributed by atoms with E-state index in [-0.39, 0.29) is 5.75 Å². The highest BCUT2D eigenvalue weighted by Gasteiger charge is 2.43. The number of hydrogen-bond donors (Lipinski definition) is 1. The van der Waals surface area contributed by atoms with Crippen molar-refractivity contribution < 1.29 is 18.3 Å². The smallest absolute Gasteiger partial charge is 0.298 e. The van der Waals surface area contributed by atoms with Gasteiger partial charge in [0, 0.05) is 11.1 Å². The molecular weight excluding hydrogens is 340 g/mol. The van der Waals surface area contributed by atoms with Crippen LogP contribution in [0.5, 0.6) is 5.75 Å². The molecule has 1 amide bonds. The van der Waals surface area contributed by atoms with Gasteiger partial charge in [-0.25, -0.2) is 8.78 Å². The number of hydrogen-bond acceptors (Lipinski definition) is 4. The number of amides is 1. The third-order valence-corrected chi connectivity index (χ3v) is 4.43. The first-order chi connectivity index (χ1) is 12.5. The van der Waals surface area contributed by atoms with Gasteiger partial charge in [0.25, 0.3) is 11.8 Å². The van der Waals surface area contributed by atoms with Gasteiger partial charge in [0.1, 0.15) is 5.75 Å². The molecule has 1 atom stereocenters. The molecule has 2 aliphatic heterocycles. The maximum absolute atomic E-state index is 14.2. The molecule has 1 N–H and O–H groups in total. The minimum Gasteiger partial charge on any atom is -0.485 e. The summed E-state index contributed by atoms with van der Waals surface area (Å²) in [5, 5.41) is 2.82. The lowest BCUT2D eigenvalue weighted by Gasteiger charge is -2.25. The van der Waals surface area contributed by atoms with Crippen LogP contribution >= 0.6 is 0 Å². The quantitative estimate of drug-likeness (QED) is 0.898. The van der Waals surface area contributed by atoms with E-state index in [0.717, 1.165) is 10.5 Å². The molecule has 0 bridgehead atoms. The number of para-hydroxylation sites is 1. The lowest BCUT2D eigenvalue weighted by Crippen LogP contribution is -2.48. The number of nitrogens with zero attached hydrogens (tertiary/aromatic N) is 2. The predicted molar refractivity (Wildman–Crippen MR) is 94.2 cm³/mol. The van der Waals surface area contributed by atoms with Crippen molar-refractivity contribution in [2.24, 2.45) is 4.99 Å². The number of aliphatic imine (C=N–C) groups is 1. The highest BCUT2D eigenvalue weighted by molar-refractivity contribution is 6.20. The summed E-state index contributed by atoms with van der Waals surface area (Å²) in [4.78, 5) is 18.6. The fourth-order valence-electron chi connectivity index (χ4n) is 3.25. The second-order valence-electron chi connectivity index (χ2n) is 6.26. The number of rotatable bonds is 2. The lowest BCUT2D eigenvalue weighted by molar-refractivity contribution is -0.121. The zero-order chi connectivity index (χ0) is 18.3. The van der Waals surface area contributed by atoms with Crippen LogP contribution in [0.1, 0.15) is 11.1 Å². The summed E-state index contributed by atoms with van der Waals surface area (Å²) in [5.74, 6) is -3.42. The minimum atomic E-state index is -3.15. The summed E-state index contributed by atoms with van der Waals surface area (Å²) in [6.07, 6.45) is -0.959. The maximum Gasteiger partial charge on any atom is 0.298 e. The Labute approximate surface area is 149 Å². The highest BCUT2D eigenvalue weighted by atomic mass is 19.3. The number of likely N-dealkylation sites (N-methyl/N-ethyl adjacent to an activating group) is 1. The van der Waals surface area contributed by atoms with E-state index in [0.29, 0.717) is 17.0 Å². The molecule has 26 heavy (non-hydrogen) atoms. The number of benzene rings is 2. The van der Waals surface area contributed by atoms with Crippen LogP contribution in [0.3, 0.4) is 0 Å². The standard InChI is InChI=1S/C19H17F2N3O2/c1-22-17-18(25)24-10-19(20,21)11-26-14-9-5-8-13(16(14)24)15(23-17)12-6-3-2-4-7-12/h2-9,17,22H,10-11H2,1H3. The Bertz CT molecular complexity index is 884. The Morgan fingerprint density at radius 3 is 2.69 bits per heavy atom. The van der Waals surface area contributed by atoms with Gasteiger partial charge >= 0.3 is 0 Å². The monoisotopic (exact) mass is 357 g/mol. The molecule has 2 aromatic carbocycles. The van der Waals surface area contributed by atoms with Crippen molar-refractivity contribution in [1.82, 2.24) is 5.32 Å². The van der Waals surface area contributed by atoms with Crippen LogP contribution in [-0.2, 0) is 4.79 Å². The van der Waals surface area contributed by atoms with Gasteiger partial charge in [-0.05, 0) is 13.1 Å². The van der Waals surface area contributed by atoms with Crippen molar-refractivity contribution in [3.63, 3.8) is 0 Å². The van der Waals surface area contributed by atoms with Gasteiger partial charge in [0.15, 0.2) is 12.8 Å². The number of ether oxygens (including phenoxy) is 1.